The molecule has 2 saturated heterocycles. The molecule has 0 spiro atoms. The highest BCUT2D eigenvalue weighted by molar-refractivity contribution is 5.89. The van der Waals surface area contributed by atoms with Crippen LogP contribution in [0.4, 0.5) is 0 Å². The van der Waals surface area contributed by atoms with Crippen molar-refractivity contribution in [3.63, 3.8) is 0 Å². The van der Waals surface area contributed by atoms with Gasteiger partial charge in [0, 0.05) is 17.7 Å². The Morgan fingerprint density at radius 1 is 0.829 bits per heavy atom. The van der Waals surface area contributed by atoms with E-state index in [1.54, 1.807) is 0 Å². The monoisotopic (exact) mass is 578 g/mol. The van der Waals surface area contributed by atoms with Gasteiger partial charge in [0.25, 0.3) is 0 Å². The lowest BCUT2D eigenvalue weighted by atomic mass is 9.89. The molecule has 10 atom stereocenters. The molecule has 2 fully saturated rings. The zero-order valence-corrected chi connectivity index (χ0v) is 21.5. The first-order valence-electron chi connectivity index (χ1n) is 12.7. The average Bonchev–Trinajstić information content (AvgIpc) is 2.94. The summed E-state index contributed by atoms with van der Waals surface area (Å²) in [5, 5.41) is 92.5. The molecule has 5 rings (SSSR count). The summed E-state index contributed by atoms with van der Waals surface area (Å²) in [4.78, 5) is 13.2. The highest BCUT2D eigenvalue weighted by atomic mass is 16.7. The number of aliphatic hydroxyl groups is 7. The van der Waals surface area contributed by atoms with Crippen LogP contribution in [0.25, 0.3) is 22.3 Å². The van der Waals surface area contributed by atoms with Crippen LogP contribution in [0.1, 0.15) is 18.6 Å². The molecule has 0 bridgehead atoms. The largest absolute Gasteiger partial charge is 0.508 e. The van der Waals surface area contributed by atoms with Gasteiger partial charge in [0.1, 0.15) is 77.2 Å². The number of phenolic OH excluding ortho intramolecular Hbond substituents is 2. The Hall–Kier alpha value is -3.31. The van der Waals surface area contributed by atoms with E-state index in [2.05, 4.69) is 0 Å². The Kier molecular flexibility index (Phi) is 7.95. The Balaban J connectivity index is 1.73. The third kappa shape index (κ3) is 5.14. The fourth-order valence-corrected chi connectivity index (χ4v) is 5.02. The second kappa shape index (κ2) is 11.2. The van der Waals surface area contributed by atoms with Crippen molar-refractivity contribution in [1.29, 1.82) is 0 Å². The summed E-state index contributed by atoms with van der Waals surface area (Å²) in [6, 6.07) is 7.63. The van der Waals surface area contributed by atoms with Crippen molar-refractivity contribution >= 4 is 11.0 Å². The molecule has 3 heterocycles. The number of aromatic hydroxyl groups is 2. The zero-order valence-electron chi connectivity index (χ0n) is 21.5. The van der Waals surface area contributed by atoms with Crippen molar-refractivity contribution in [2.75, 3.05) is 6.61 Å². The summed E-state index contributed by atoms with van der Waals surface area (Å²) >= 11 is 0. The lowest BCUT2D eigenvalue weighted by molar-refractivity contribution is -0.269. The molecular weight excluding hydrogens is 548 g/mol. The molecule has 222 valence electrons. The summed E-state index contributed by atoms with van der Waals surface area (Å²) in [5.74, 6) is -1.12. The van der Waals surface area contributed by atoms with Gasteiger partial charge in [-0.3, -0.25) is 4.79 Å². The van der Waals surface area contributed by atoms with E-state index in [0.717, 1.165) is 12.1 Å². The third-order valence-corrected chi connectivity index (χ3v) is 7.36. The van der Waals surface area contributed by atoms with Gasteiger partial charge in [0.15, 0.2) is 11.0 Å². The van der Waals surface area contributed by atoms with E-state index in [-0.39, 0.29) is 33.8 Å². The minimum atomic E-state index is -1.88. The molecule has 2 aromatic carbocycles. The van der Waals surface area contributed by atoms with E-state index in [9.17, 15) is 50.8 Å². The third-order valence-electron chi connectivity index (χ3n) is 7.36. The van der Waals surface area contributed by atoms with Crippen LogP contribution in [0.3, 0.4) is 0 Å². The van der Waals surface area contributed by atoms with Gasteiger partial charge in [-0.1, -0.05) is 0 Å². The van der Waals surface area contributed by atoms with Gasteiger partial charge >= 0.3 is 0 Å². The quantitative estimate of drug-likeness (QED) is 0.169. The van der Waals surface area contributed by atoms with Crippen molar-refractivity contribution in [2.45, 2.75) is 68.1 Å². The molecule has 0 amide bonds. The van der Waals surface area contributed by atoms with Crippen LogP contribution < -0.4 is 10.2 Å². The van der Waals surface area contributed by atoms with Gasteiger partial charge in [0.2, 0.25) is 6.29 Å². The molecule has 0 radical (unpaired) electrons. The first-order valence-corrected chi connectivity index (χ1v) is 12.7. The molecule has 9 N–H and O–H groups in total. The number of hydrogen-bond donors (Lipinski definition) is 9. The molecule has 41 heavy (non-hydrogen) atoms. The van der Waals surface area contributed by atoms with Gasteiger partial charge in [-0.2, -0.15) is 0 Å². The number of fused-ring (bicyclic) bond motifs is 1. The van der Waals surface area contributed by atoms with Crippen molar-refractivity contribution in [2.24, 2.45) is 0 Å². The maximum absolute atomic E-state index is 13.2. The van der Waals surface area contributed by atoms with E-state index in [1.807, 2.05) is 0 Å². The zero-order chi connectivity index (χ0) is 29.7. The lowest BCUT2D eigenvalue weighted by Crippen LogP contribution is -2.58. The Labute approximate surface area is 231 Å². The number of rotatable bonds is 5. The predicted octanol–water partition coefficient (Wildman–Crippen LogP) is -1.41. The summed E-state index contributed by atoms with van der Waals surface area (Å²) < 4.78 is 23.1. The molecule has 0 unspecified atom stereocenters. The molecule has 14 heteroatoms. The van der Waals surface area contributed by atoms with Gasteiger partial charge < -0.3 is 64.6 Å². The predicted molar refractivity (Wildman–Crippen MR) is 137 cm³/mol. The van der Waals surface area contributed by atoms with E-state index in [1.165, 1.54) is 31.2 Å². The van der Waals surface area contributed by atoms with E-state index < -0.39 is 79.0 Å². The number of aliphatic hydroxyl groups excluding tert-OH is 7. The minimum Gasteiger partial charge on any atom is -0.508 e. The minimum absolute atomic E-state index is 0.0361. The second-order valence-corrected chi connectivity index (χ2v) is 10.1. The normalized spacial score (nSPS) is 34.0. The smallest absolute Gasteiger partial charge is 0.229 e. The highest BCUT2D eigenvalue weighted by Gasteiger charge is 2.48. The summed E-state index contributed by atoms with van der Waals surface area (Å²) in [7, 11) is 0. The number of hydrogen-bond acceptors (Lipinski definition) is 14. The standard InChI is InChI=1S/C27H30O14/c1-9-19(32)21(34)24(37)27(38-9)41-15-7-13(31)17-12(30)6-14(10-2-4-11(29)5-3-10)39-25(17)18(15)26-23(36)22(35)20(33)16(8-28)40-26/h2-7,9,16,19-24,26-29,31-37H,8H2,1H3/t9-,16+,19+,20-,21+,22-,23-,24+,26-,27+/m0/s1. The molecule has 1 aromatic heterocycles. The molecular formula is C27H30O14. The van der Waals surface area contributed by atoms with E-state index in [0.29, 0.717) is 5.56 Å². The van der Waals surface area contributed by atoms with Gasteiger partial charge in [0.05, 0.1) is 18.3 Å². The second-order valence-electron chi connectivity index (χ2n) is 10.1. The van der Waals surface area contributed by atoms with E-state index in [4.69, 9.17) is 18.6 Å². The van der Waals surface area contributed by atoms with E-state index >= 15 is 0 Å². The molecule has 2 aliphatic rings. The number of phenols is 2. The van der Waals surface area contributed by atoms with Crippen molar-refractivity contribution in [3.05, 3.63) is 52.2 Å². The van der Waals surface area contributed by atoms with Gasteiger partial charge in [-0.05, 0) is 31.2 Å². The topological polar surface area (TPSA) is 240 Å². The molecule has 2 aliphatic heterocycles. The average molecular weight is 579 g/mol. The van der Waals surface area contributed by atoms with Gasteiger partial charge in [-0.15, -0.1) is 0 Å². The summed E-state index contributed by atoms with van der Waals surface area (Å²) in [5.41, 5.74) is -1.04. The number of benzene rings is 2. The SMILES string of the molecule is C[C@@H]1O[C@H](Oc2cc(O)c3c(=O)cc(-c4ccc(O)cc4)oc3c2[C@@H]2O[C@H](CO)[C@H](O)[C@H](O)[C@@H]2O)[C@H](O)[C@H](O)[C@@H]1O. The molecule has 14 nitrogen and oxygen atoms in total. The molecule has 3 aromatic rings. The Bertz CT molecular complexity index is 1450. The Morgan fingerprint density at radius 2 is 1.49 bits per heavy atom. The first kappa shape index (κ1) is 29.2. The van der Waals surface area contributed by atoms with Crippen LogP contribution in [-0.4, -0.2) is 108 Å². The van der Waals surface area contributed by atoms with Crippen LogP contribution in [-0.2, 0) is 9.47 Å². The molecule has 0 saturated carbocycles. The van der Waals surface area contributed by atoms with Gasteiger partial charge in [-0.25, -0.2) is 0 Å². The van der Waals surface area contributed by atoms with Crippen molar-refractivity contribution < 1.29 is 64.6 Å². The summed E-state index contributed by atoms with van der Waals surface area (Å²) in [6.07, 6.45) is -16.1. The lowest BCUT2D eigenvalue weighted by Gasteiger charge is -2.42. The number of ether oxygens (including phenoxy) is 3. The fourth-order valence-electron chi connectivity index (χ4n) is 5.02. The summed E-state index contributed by atoms with van der Waals surface area (Å²) in [6.45, 7) is 0.637. The first-order chi connectivity index (χ1) is 19.4. The van der Waals surface area contributed by atoms with Crippen LogP contribution >= 0.6 is 0 Å². The van der Waals surface area contributed by atoms with Crippen LogP contribution in [0.15, 0.2) is 45.6 Å². The maximum Gasteiger partial charge on any atom is 0.229 e. The molecule has 0 aliphatic carbocycles. The van der Waals surface area contributed by atoms with Crippen molar-refractivity contribution in [1.82, 2.24) is 0 Å². The van der Waals surface area contributed by atoms with Crippen LogP contribution in [0.2, 0.25) is 0 Å². The fraction of sp³-hybridized carbons (Fsp3) is 0.444. The van der Waals surface area contributed by atoms with Crippen LogP contribution in [0, 0.1) is 0 Å². The van der Waals surface area contributed by atoms with Crippen molar-refractivity contribution in [3.8, 4) is 28.6 Å². The highest BCUT2D eigenvalue weighted by Crippen LogP contribution is 2.45. The maximum atomic E-state index is 13.2. The Morgan fingerprint density at radius 3 is 2.15 bits per heavy atom. The van der Waals surface area contributed by atoms with Crippen LogP contribution in [0.5, 0.6) is 17.2 Å².